The molecule has 2 aromatic rings. The lowest BCUT2D eigenvalue weighted by molar-refractivity contribution is -0.140. The summed E-state index contributed by atoms with van der Waals surface area (Å²) in [5, 5.41) is 3.16. The van der Waals surface area contributed by atoms with E-state index in [0.29, 0.717) is 18.7 Å². The average molecular weight is 439 g/mol. The predicted molar refractivity (Wildman–Crippen MR) is 128 cm³/mol. The van der Waals surface area contributed by atoms with E-state index in [1.54, 1.807) is 16.7 Å². The lowest BCUT2D eigenvalue weighted by atomic mass is 10.1. The number of nitrogens with one attached hydrogen (secondary N) is 1. The second-order valence-electron chi connectivity index (χ2n) is 8.58. The van der Waals surface area contributed by atoms with E-state index in [9.17, 15) is 9.59 Å². The van der Waals surface area contributed by atoms with Gasteiger partial charge in [-0.1, -0.05) is 60.4 Å². The van der Waals surface area contributed by atoms with Crippen LogP contribution in [0.4, 0.5) is 0 Å². The Bertz CT molecular complexity index is 858. The van der Waals surface area contributed by atoms with Crippen LogP contribution in [-0.2, 0) is 16.1 Å². The van der Waals surface area contributed by atoms with Gasteiger partial charge in [0.05, 0.1) is 0 Å². The summed E-state index contributed by atoms with van der Waals surface area (Å²) in [6.07, 6.45) is 4.82. The van der Waals surface area contributed by atoms with Crippen LogP contribution < -0.4 is 5.32 Å². The third kappa shape index (κ3) is 7.13. The number of carbonyl (C=O) groups excluding carboxylic acids is 2. The van der Waals surface area contributed by atoms with E-state index in [1.165, 1.54) is 24.0 Å². The van der Waals surface area contributed by atoms with Gasteiger partial charge in [-0.15, -0.1) is 11.8 Å². The van der Waals surface area contributed by atoms with E-state index in [2.05, 4.69) is 48.6 Å². The van der Waals surface area contributed by atoms with Crippen LogP contribution in [0.25, 0.3) is 0 Å². The Morgan fingerprint density at radius 3 is 2.19 bits per heavy atom. The Kier molecular flexibility index (Phi) is 8.59. The summed E-state index contributed by atoms with van der Waals surface area (Å²) in [5.41, 5.74) is 3.46. The Morgan fingerprint density at radius 1 is 1.00 bits per heavy atom. The predicted octanol–water partition coefficient (Wildman–Crippen LogP) is 5.26. The minimum absolute atomic E-state index is 0.0225. The van der Waals surface area contributed by atoms with Crippen molar-refractivity contribution in [1.29, 1.82) is 0 Å². The summed E-state index contributed by atoms with van der Waals surface area (Å²) in [6, 6.07) is 16.3. The second-order valence-corrected chi connectivity index (χ2v) is 9.75. The van der Waals surface area contributed by atoms with Crippen LogP contribution in [-0.4, -0.2) is 34.6 Å². The number of hydrogen-bond acceptors (Lipinski definition) is 3. The van der Waals surface area contributed by atoms with Gasteiger partial charge in [-0.05, 0) is 51.3 Å². The van der Waals surface area contributed by atoms with Gasteiger partial charge in [0.1, 0.15) is 6.04 Å². The molecule has 0 unspecified atom stereocenters. The number of benzene rings is 2. The zero-order valence-electron chi connectivity index (χ0n) is 18.9. The summed E-state index contributed by atoms with van der Waals surface area (Å²) >= 11 is 1.68. The Morgan fingerprint density at radius 2 is 1.58 bits per heavy atom. The molecule has 1 aliphatic rings. The molecule has 2 aromatic carbocycles. The molecule has 31 heavy (non-hydrogen) atoms. The van der Waals surface area contributed by atoms with Gasteiger partial charge in [-0.2, -0.15) is 0 Å². The number of nitrogens with zero attached hydrogens (tertiary/aromatic N) is 1. The zero-order valence-corrected chi connectivity index (χ0v) is 19.7. The SMILES string of the molecule is Cc1ccc(CN(C(=O)CCSc2ccc(C)cc2)[C@@H](C)C(=O)NC2CCCC2)cc1. The molecule has 0 aromatic heterocycles. The molecule has 1 saturated carbocycles. The van der Waals surface area contributed by atoms with Crippen molar-refractivity contribution < 1.29 is 9.59 Å². The van der Waals surface area contributed by atoms with Crippen molar-refractivity contribution in [2.24, 2.45) is 0 Å². The highest BCUT2D eigenvalue weighted by Crippen LogP contribution is 2.21. The number of thioether (sulfide) groups is 1. The molecule has 1 atom stereocenters. The average Bonchev–Trinajstić information content (AvgIpc) is 3.27. The smallest absolute Gasteiger partial charge is 0.242 e. The van der Waals surface area contributed by atoms with Crippen LogP contribution in [0.5, 0.6) is 0 Å². The van der Waals surface area contributed by atoms with Gasteiger partial charge in [0.25, 0.3) is 0 Å². The first-order valence-electron chi connectivity index (χ1n) is 11.3. The Hall–Kier alpha value is -2.27. The number of aryl methyl sites for hydroxylation is 2. The van der Waals surface area contributed by atoms with E-state index in [4.69, 9.17) is 0 Å². The van der Waals surface area contributed by atoms with Gasteiger partial charge in [0.2, 0.25) is 11.8 Å². The van der Waals surface area contributed by atoms with Gasteiger partial charge < -0.3 is 10.2 Å². The van der Waals surface area contributed by atoms with Crippen molar-refractivity contribution in [2.75, 3.05) is 5.75 Å². The van der Waals surface area contributed by atoms with Crippen molar-refractivity contribution in [3.05, 3.63) is 65.2 Å². The molecule has 0 spiro atoms. The highest BCUT2D eigenvalue weighted by molar-refractivity contribution is 7.99. The first-order valence-corrected chi connectivity index (χ1v) is 12.3. The number of amides is 2. The van der Waals surface area contributed by atoms with Crippen LogP contribution in [0.1, 0.15) is 55.7 Å². The van der Waals surface area contributed by atoms with Crippen LogP contribution in [0, 0.1) is 13.8 Å². The summed E-state index contributed by atoms with van der Waals surface area (Å²) in [5.74, 6) is 0.677. The van der Waals surface area contributed by atoms with Gasteiger partial charge >= 0.3 is 0 Å². The van der Waals surface area contributed by atoms with Gasteiger partial charge in [-0.25, -0.2) is 0 Å². The molecule has 5 heteroatoms. The van der Waals surface area contributed by atoms with E-state index < -0.39 is 6.04 Å². The summed E-state index contributed by atoms with van der Waals surface area (Å²) in [4.78, 5) is 29.0. The number of carbonyl (C=O) groups is 2. The summed E-state index contributed by atoms with van der Waals surface area (Å²) in [6.45, 7) is 6.42. The molecule has 166 valence electrons. The standard InChI is InChI=1S/C26H34N2O2S/c1-19-8-12-22(13-9-19)18-28(21(3)26(30)27-23-6-4-5-7-23)25(29)16-17-31-24-14-10-20(2)11-15-24/h8-15,21,23H,4-7,16-18H2,1-3H3,(H,27,30)/t21-/m0/s1. The first-order chi connectivity index (χ1) is 14.9. The molecule has 0 aliphatic heterocycles. The lowest BCUT2D eigenvalue weighted by Crippen LogP contribution is -2.49. The van der Waals surface area contributed by atoms with Crippen molar-refractivity contribution in [3.63, 3.8) is 0 Å². The largest absolute Gasteiger partial charge is 0.352 e. The van der Waals surface area contributed by atoms with Crippen molar-refractivity contribution in [3.8, 4) is 0 Å². The second kappa shape index (κ2) is 11.4. The van der Waals surface area contributed by atoms with Crippen LogP contribution in [0.2, 0.25) is 0 Å². The normalized spacial score (nSPS) is 14.9. The molecule has 1 fully saturated rings. The number of rotatable bonds is 9. The molecule has 2 amide bonds. The van der Waals surface area contributed by atoms with Crippen molar-refractivity contribution >= 4 is 23.6 Å². The fourth-order valence-electron chi connectivity index (χ4n) is 3.90. The molecule has 0 heterocycles. The van der Waals surface area contributed by atoms with E-state index in [0.717, 1.165) is 23.3 Å². The maximum atomic E-state index is 13.2. The molecule has 1 aliphatic carbocycles. The molecular formula is C26H34N2O2S. The zero-order chi connectivity index (χ0) is 22.2. The molecule has 0 saturated heterocycles. The maximum Gasteiger partial charge on any atom is 0.242 e. The fraction of sp³-hybridized carbons (Fsp3) is 0.462. The summed E-state index contributed by atoms with van der Waals surface area (Å²) in [7, 11) is 0. The lowest BCUT2D eigenvalue weighted by Gasteiger charge is -2.30. The summed E-state index contributed by atoms with van der Waals surface area (Å²) < 4.78 is 0. The van der Waals surface area contributed by atoms with Crippen LogP contribution in [0.3, 0.4) is 0 Å². The topological polar surface area (TPSA) is 49.4 Å². The minimum atomic E-state index is -0.487. The highest BCUT2D eigenvalue weighted by Gasteiger charge is 2.28. The van der Waals surface area contributed by atoms with E-state index in [1.807, 2.05) is 26.0 Å². The third-order valence-electron chi connectivity index (χ3n) is 5.95. The minimum Gasteiger partial charge on any atom is -0.352 e. The third-order valence-corrected chi connectivity index (χ3v) is 6.96. The first kappa shape index (κ1) is 23.4. The van der Waals surface area contributed by atoms with Gasteiger partial charge in [0, 0.05) is 29.7 Å². The van der Waals surface area contributed by atoms with Gasteiger partial charge in [0.15, 0.2) is 0 Å². The molecule has 0 bridgehead atoms. The Balaban J connectivity index is 1.64. The number of hydrogen-bond donors (Lipinski definition) is 1. The van der Waals surface area contributed by atoms with Crippen LogP contribution >= 0.6 is 11.8 Å². The molecule has 0 radical (unpaired) electrons. The van der Waals surface area contributed by atoms with E-state index in [-0.39, 0.29) is 17.9 Å². The highest BCUT2D eigenvalue weighted by atomic mass is 32.2. The van der Waals surface area contributed by atoms with Crippen molar-refractivity contribution in [1.82, 2.24) is 10.2 Å². The fourth-order valence-corrected chi connectivity index (χ4v) is 4.74. The Labute approximate surface area is 190 Å². The van der Waals surface area contributed by atoms with Gasteiger partial charge in [-0.3, -0.25) is 9.59 Å². The van der Waals surface area contributed by atoms with Crippen LogP contribution in [0.15, 0.2) is 53.4 Å². The maximum absolute atomic E-state index is 13.2. The van der Waals surface area contributed by atoms with E-state index >= 15 is 0 Å². The quantitative estimate of drug-likeness (QED) is 0.543. The monoisotopic (exact) mass is 438 g/mol. The van der Waals surface area contributed by atoms with Crippen molar-refractivity contribution in [2.45, 2.75) is 76.4 Å². The molecule has 3 rings (SSSR count). The molecular weight excluding hydrogens is 404 g/mol. The molecule has 1 N–H and O–H groups in total. The molecule has 4 nitrogen and oxygen atoms in total.